The Labute approximate surface area is 131 Å². The molecule has 2 aromatic rings. The van der Waals surface area contributed by atoms with Crippen molar-refractivity contribution >= 4 is 23.0 Å². The maximum atomic E-state index is 5.99. The van der Waals surface area contributed by atoms with Gasteiger partial charge in [-0.2, -0.15) is 0 Å². The first kappa shape index (κ1) is 15.8. The fraction of sp³-hybridized carbons (Fsp3) is 0.500. The van der Waals surface area contributed by atoms with E-state index >= 15 is 0 Å². The summed E-state index contributed by atoms with van der Waals surface area (Å²) >= 11 is 1.76. The molecule has 2 rings (SSSR count). The number of hydrogen-bond acceptors (Lipinski definition) is 5. The van der Waals surface area contributed by atoms with Crippen molar-refractivity contribution in [2.24, 2.45) is 0 Å². The summed E-state index contributed by atoms with van der Waals surface area (Å²) in [5.41, 5.74) is 5.88. The Kier molecular flexibility index (Phi) is 4.52. The Morgan fingerprint density at radius 3 is 2.52 bits per heavy atom. The van der Waals surface area contributed by atoms with Crippen LogP contribution >= 0.6 is 11.3 Å². The van der Waals surface area contributed by atoms with Gasteiger partial charge in [-0.25, -0.2) is 9.97 Å². The van der Waals surface area contributed by atoms with Gasteiger partial charge in [0, 0.05) is 22.4 Å². The molecule has 2 N–H and O–H groups in total. The summed E-state index contributed by atoms with van der Waals surface area (Å²) in [5, 5.41) is 2.10. The average molecular weight is 304 g/mol. The highest BCUT2D eigenvalue weighted by Crippen LogP contribution is 2.26. The van der Waals surface area contributed by atoms with E-state index < -0.39 is 0 Å². The number of thiophene rings is 1. The second-order valence-electron chi connectivity index (χ2n) is 6.53. The standard InChI is InChI=1S/C16H24N4S/c1-11(2)20(10-12-7-6-8-21-12)14-9-13(17)18-15(19-14)16(3,4)5/h6-9,11H,10H2,1-5H3,(H2,17,18,19). The lowest BCUT2D eigenvalue weighted by atomic mass is 9.96. The van der Waals surface area contributed by atoms with Gasteiger partial charge in [-0.3, -0.25) is 0 Å². The van der Waals surface area contributed by atoms with Crippen molar-refractivity contribution in [1.82, 2.24) is 9.97 Å². The second-order valence-corrected chi connectivity index (χ2v) is 7.56. The molecule has 2 aromatic heterocycles. The zero-order valence-electron chi connectivity index (χ0n) is 13.4. The van der Waals surface area contributed by atoms with E-state index in [1.807, 2.05) is 6.07 Å². The molecular weight excluding hydrogens is 280 g/mol. The first-order valence-electron chi connectivity index (χ1n) is 7.21. The predicted molar refractivity (Wildman–Crippen MR) is 90.8 cm³/mol. The van der Waals surface area contributed by atoms with Crippen LogP contribution in [0.2, 0.25) is 0 Å². The van der Waals surface area contributed by atoms with Crippen molar-refractivity contribution in [1.29, 1.82) is 0 Å². The van der Waals surface area contributed by atoms with Crippen molar-refractivity contribution in [3.63, 3.8) is 0 Å². The molecule has 5 heteroatoms. The van der Waals surface area contributed by atoms with Crippen LogP contribution in [-0.2, 0) is 12.0 Å². The lowest BCUT2D eigenvalue weighted by molar-refractivity contribution is 0.542. The number of rotatable bonds is 4. The highest BCUT2D eigenvalue weighted by atomic mass is 32.1. The molecule has 2 heterocycles. The Balaban J connectivity index is 2.38. The molecule has 0 unspecified atom stereocenters. The molecule has 0 radical (unpaired) electrons. The third kappa shape index (κ3) is 3.94. The second kappa shape index (κ2) is 6.02. The first-order chi connectivity index (χ1) is 9.77. The number of anilines is 2. The Bertz CT molecular complexity index is 585. The van der Waals surface area contributed by atoms with E-state index in [2.05, 4.69) is 62.0 Å². The van der Waals surface area contributed by atoms with Gasteiger partial charge >= 0.3 is 0 Å². The van der Waals surface area contributed by atoms with E-state index in [-0.39, 0.29) is 5.41 Å². The fourth-order valence-electron chi connectivity index (χ4n) is 2.03. The lowest BCUT2D eigenvalue weighted by Gasteiger charge is -2.29. The SMILES string of the molecule is CC(C)N(Cc1cccs1)c1cc(N)nc(C(C)(C)C)n1. The molecule has 0 aliphatic rings. The van der Waals surface area contributed by atoms with E-state index in [0.717, 1.165) is 18.2 Å². The summed E-state index contributed by atoms with van der Waals surface area (Å²) in [4.78, 5) is 12.7. The van der Waals surface area contributed by atoms with Crippen LogP contribution in [0.5, 0.6) is 0 Å². The predicted octanol–water partition coefficient (Wildman–Crippen LogP) is 3.83. The van der Waals surface area contributed by atoms with Crippen LogP contribution in [0.4, 0.5) is 11.6 Å². The summed E-state index contributed by atoms with van der Waals surface area (Å²) < 4.78 is 0. The molecule has 0 saturated heterocycles. The van der Waals surface area contributed by atoms with Gasteiger partial charge in [0.1, 0.15) is 17.5 Å². The van der Waals surface area contributed by atoms with Crippen LogP contribution in [0, 0.1) is 0 Å². The summed E-state index contributed by atoms with van der Waals surface area (Å²) in [6, 6.07) is 6.43. The number of nitrogen functional groups attached to an aromatic ring is 1. The summed E-state index contributed by atoms with van der Waals surface area (Å²) in [7, 11) is 0. The topological polar surface area (TPSA) is 55.0 Å². The van der Waals surface area contributed by atoms with Crippen molar-refractivity contribution in [3.8, 4) is 0 Å². The van der Waals surface area contributed by atoms with Gasteiger partial charge in [-0.1, -0.05) is 26.8 Å². The first-order valence-corrected chi connectivity index (χ1v) is 8.09. The van der Waals surface area contributed by atoms with Crippen molar-refractivity contribution in [2.45, 2.75) is 52.6 Å². The van der Waals surface area contributed by atoms with Crippen LogP contribution in [0.15, 0.2) is 23.6 Å². The minimum atomic E-state index is -0.115. The van der Waals surface area contributed by atoms with Gasteiger partial charge in [-0.05, 0) is 25.3 Å². The van der Waals surface area contributed by atoms with Crippen molar-refractivity contribution < 1.29 is 0 Å². The molecule has 0 aliphatic heterocycles. The molecule has 0 fully saturated rings. The molecule has 0 aliphatic carbocycles. The maximum absolute atomic E-state index is 5.99. The molecular formula is C16H24N4S. The van der Waals surface area contributed by atoms with Gasteiger partial charge in [0.2, 0.25) is 0 Å². The molecule has 21 heavy (non-hydrogen) atoms. The number of hydrogen-bond donors (Lipinski definition) is 1. The quantitative estimate of drug-likeness (QED) is 0.932. The van der Waals surface area contributed by atoms with Crippen LogP contribution in [0.3, 0.4) is 0 Å². The monoisotopic (exact) mass is 304 g/mol. The molecule has 114 valence electrons. The van der Waals surface area contributed by atoms with E-state index in [0.29, 0.717) is 11.9 Å². The van der Waals surface area contributed by atoms with Gasteiger partial charge in [0.25, 0.3) is 0 Å². The minimum Gasteiger partial charge on any atom is -0.384 e. The van der Waals surface area contributed by atoms with E-state index in [1.54, 1.807) is 11.3 Å². The third-order valence-electron chi connectivity index (χ3n) is 3.23. The third-order valence-corrected chi connectivity index (χ3v) is 4.09. The molecule has 0 bridgehead atoms. The van der Waals surface area contributed by atoms with Gasteiger partial charge < -0.3 is 10.6 Å². The van der Waals surface area contributed by atoms with Crippen LogP contribution < -0.4 is 10.6 Å². The molecule has 0 spiro atoms. The van der Waals surface area contributed by atoms with Gasteiger partial charge in [0.05, 0.1) is 6.54 Å². The Hall–Kier alpha value is -1.62. The Morgan fingerprint density at radius 2 is 2.00 bits per heavy atom. The smallest absolute Gasteiger partial charge is 0.138 e. The highest BCUT2D eigenvalue weighted by molar-refractivity contribution is 7.09. The minimum absolute atomic E-state index is 0.115. The highest BCUT2D eigenvalue weighted by Gasteiger charge is 2.21. The van der Waals surface area contributed by atoms with E-state index in [9.17, 15) is 0 Å². The molecule has 4 nitrogen and oxygen atoms in total. The van der Waals surface area contributed by atoms with Gasteiger partial charge in [0.15, 0.2) is 0 Å². The van der Waals surface area contributed by atoms with E-state index in [4.69, 9.17) is 10.7 Å². The van der Waals surface area contributed by atoms with Crippen LogP contribution in [-0.4, -0.2) is 16.0 Å². The zero-order chi connectivity index (χ0) is 15.6. The lowest BCUT2D eigenvalue weighted by Crippen LogP contribution is -2.32. The van der Waals surface area contributed by atoms with E-state index in [1.165, 1.54) is 4.88 Å². The summed E-state index contributed by atoms with van der Waals surface area (Å²) in [5.74, 6) is 2.21. The molecule has 0 atom stereocenters. The van der Waals surface area contributed by atoms with Crippen LogP contribution in [0.1, 0.15) is 45.3 Å². The van der Waals surface area contributed by atoms with Gasteiger partial charge in [-0.15, -0.1) is 11.3 Å². The molecule has 0 amide bonds. The normalized spacial score (nSPS) is 11.9. The van der Waals surface area contributed by atoms with Crippen molar-refractivity contribution in [2.75, 3.05) is 10.6 Å². The fourth-order valence-corrected chi connectivity index (χ4v) is 2.74. The van der Waals surface area contributed by atoms with Crippen LogP contribution in [0.25, 0.3) is 0 Å². The average Bonchev–Trinajstić information content (AvgIpc) is 2.86. The number of aromatic nitrogens is 2. The Morgan fingerprint density at radius 1 is 1.29 bits per heavy atom. The maximum Gasteiger partial charge on any atom is 0.138 e. The zero-order valence-corrected chi connectivity index (χ0v) is 14.2. The summed E-state index contributed by atoms with van der Waals surface area (Å²) in [6.07, 6.45) is 0. The summed E-state index contributed by atoms with van der Waals surface area (Å²) in [6.45, 7) is 11.5. The number of nitrogens with two attached hydrogens (primary N) is 1. The molecule has 0 saturated carbocycles. The largest absolute Gasteiger partial charge is 0.384 e. The number of nitrogens with zero attached hydrogens (tertiary/aromatic N) is 3. The van der Waals surface area contributed by atoms with Crippen molar-refractivity contribution in [3.05, 3.63) is 34.3 Å². The molecule has 0 aromatic carbocycles.